The highest BCUT2D eigenvalue weighted by molar-refractivity contribution is 8.13. The van der Waals surface area contributed by atoms with Gasteiger partial charge in [0.1, 0.15) is 0 Å². The first-order chi connectivity index (χ1) is 4.77. The Hall–Kier alpha value is -0.220. The Morgan fingerprint density at radius 1 is 1.60 bits per heavy atom. The quantitative estimate of drug-likeness (QED) is 0.251. The highest BCUT2D eigenvalue weighted by Gasteiger charge is 2.29. The minimum absolute atomic E-state index is 0.383. The van der Waals surface area contributed by atoms with E-state index in [1.54, 1.807) is 11.8 Å². The van der Waals surface area contributed by atoms with Crippen LogP contribution in [0.2, 0.25) is 0 Å². The van der Waals surface area contributed by atoms with Crippen molar-refractivity contribution in [1.29, 1.82) is 0 Å². The van der Waals surface area contributed by atoms with E-state index in [0.717, 1.165) is 17.9 Å². The van der Waals surface area contributed by atoms with E-state index >= 15 is 0 Å². The van der Waals surface area contributed by atoms with E-state index in [-0.39, 0.29) is 0 Å². The summed E-state index contributed by atoms with van der Waals surface area (Å²) in [6.45, 7) is 0. The Morgan fingerprint density at radius 2 is 2.20 bits per heavy atom. The van der Waals surface area contributed by atoms with Crippen molar-refractivity contribution in [3.05, 3.63) is 0 Å². The van der Waals surface area contributed by atoms with Crippen LogP contribution in [0.15, 0.2) is 5.10 Å². The molecule has 0 radical (unpaired) electrons. The lowest BCUT2D eigenvalue weighted by Gasteiger charge is -2.32. The van der Waals surface area contributed by atoms with Crippen LogP contribution in [-0.4, -0.2) is 17.3 Å². The number of hydrogen-bond acceptors (Lipinski definition) is 4. The van der Waals surface area contributed by atoms with Gasteiger partial charge in [-0.3, -0.25) is 0 Å². The highest BCUT2D eigenvalue weighted by atomic mass is 32.2. The zero-order chi connectivity index (χ0) is 7.56. The van der Waals surface area contributed by atoms with Crippen molar-refractivity contribution in [3.8, 4) is 0 Å². The summed E-state index contributed by atoms with van der Waals surface area (Å²) in [5, 5.41) is 4.73. The fourth-order valence-corrected chi connectivity index (χ4v) is 1.82. The topological polar surface area (TPSA) is 64.4 Å². The first-order valence-corrected chi connectivity index (χ1v) is 4.57. The number of nitrogens with two attached hydrogens (primary N) is 2. The van der Waals surface area contributed by atoms with Gasteiger partial charge in [-0.2, -0.15) is 5.10 Å². The maximum atomic E-state index is 5.61. The Balaban J connectivity index is 2.36. The van der Waals surface area contributed by atoms with E-state index in [9.17, 15) is 0 Å². The molecular weight excluding hydrogens is 146 g/mol. The zero-order valence-corrected chi connectivity index (χ0v) is 6.90. The Bertz CT molecular complexity index is 140. The second-order valence-electron chi connectivity index (χ2n) is 2.60. The van der Waals surface area contributed by atoms with Crippen molar-refractivity contribution in [2.24, 2.45) is 22.6 Å². The van der Waals surface area contributed by atoms with Crippen molar-refractivity contribution in [2.75, 3.05) is 6.26 Å². The summed E-state index contributed by atoms with van der Waals surface area (Å²) < 4.78 is 0. The lowest BCUT2D eigenvalue weighted by atomic mass is 9.82. The van der Waals surface area contributed by atoms with Gasteiger partial charge in [0.15, 0.2) is 0 Å². The van der Waals surface area contributed by atoms with E-state index in [1.807, 2.05) is 6.26 Å². The van der Waals surface area contributed by atoms with Gasteiger partial charge >= 0.3 is 0 Å². The predicted molar refractivity (Wildman–Crippen MR) is 45.8 cm³/mol. The summed E-state index contributed by atoms with van der Waals surface area (Å²) in [6.07, 6.45) is 4.10. The van der Waals surface area contributed by atoms with E-state index in [1.165, 1.54) is 0 Å². The highest BCUT2D eigenvalue weighted by Crippen LogP contribution is 2.30. The van der Waals surface area contributed by atoms with Gasteiger partial charge in [0, 0.05) is 12.0 Å². The molecule has 0 atom stereocenters. The molecule has 3 nitrogen and oxygen atoms in total. The van der Waals surface area contributed by atoms with Crippen molar-refractivity contribution in [3.63, 3.8) is 0 Å². The van der Waals surface area contributed by atoms with Crippen molar-refractivity contribution < 1.29 is 0 Å². The molecule has 10 heavy (non-hydrogen) atoms. The van der Waals surface area contributed by atoms with E-state index < -0.39 is 0 Å². The van der Waals surface area contributed by atoms with Crippen molar-refractivity contribution in [2.45, 2.75) is 18.9 Å². The summed E-state index contributed by atoms with van der Waals surface area (Å²) in [6, 6.07) is 0.383. The average molecular weight is 159 g/mol. The Kier molecular flexibility index (Phi) is 2.56. The second-order valence-corrected chi connectivity index (χ2v) is 3.43. The Morgan fingerprint density at radius 3 is 2.50 bits per heavy atom. The van der Waals surface area contributed by atoms with Crippen LogP contribution in [0.5, 0.6) is 0 Å². The minimum atomic E-state index is 0.383. The van der Waals surface area contributed by atoms with Crippen LogP contribution in [0, 0.1) is 5.92 Å². The third-order valence-corrected chi connectivity index (χ3v) is 2.72. The number of rotatable bonds is 1. The molecule has 1 aliphatic carbocycles. The van der Waals surface area contributed by atoms with Crippen LogP contribution in [-0.2, 0) is 0 Å². The first kappa shape index (κ1) is 7.88. The molecule has 58 valence electrons. The van der Waals surface area contributed by atoms with Gasteiger partial charge in [-0.1, -0.05) is 0 Å². The van der Waals surface area contributed by atoms with Gasteiger partial charge in [-0.15, -0.1) is 11.8 Å². The molecular formula is C6H13N3S. The number of thioether (sulfide) groups is 1. The fourth-order valence-electron chi connectivity index (χ4n) is 1.19. The lowest BCUT2D eigenvalue weighted by molar-refractivity contribution is 0.348. The summed E-state index contributed by atoms with van der Waals surface area (Å²) >= 11 is 1.63. The maximum Gasteiger partial charge on any atom is 0.0958 e. The summed E-state index contributed by atoms with van der Waals surface area (Å²) in [4.78, 5) is 0. The molecule has 0 heterocycles. The number of nitrogens with zero attached hydrogens (tertiary/aromatic N) is 1. The molecule has 4 heteroatoms. The van der Waals surface area contributed by atoms with Gasteiger partial charge in [-0.05, 0) is 19.1 Å². The zero-order valence-electron chi connectivity index (χ0n) is 6.08. The predicted octanol–water partition coefficient (Wildman–Crippen LogP) is 0.359. The summed E-state index contributed by atoms with van der Waals surface area (Å²) in [5.74, 6) is 5.72. The fraction of sp³-hybridized carbons (Fsp3) is 0.833. The molecule has 1 saturated carbocycles. The van der Waals surface area contributed by atoms with E-state index in [0.29, 0.717) is 12.0 Å². The maximum absolute atomic E-state index is 5.61. The van der Waals surface area contributed by atoms with Crippen LogP contribution in [0.1, 0.15) is 12.8 Å². The molecule has 0 saturated heterocycles. The smallest absolute Gasteiger partial charge is 0.0958 e. The summed E-state index contributed by atoms with van der Waals surface area (Å²) in [7, 11) is 0. The van der Waals surface area contributed by atoms with Crippen LogP contribution in [0.3, 0.4) is 0 Å². The monoisotopic (exact) mass is 159 g/mol. The van der Waals surface area contributed by atoms with Crippen molar-refractivity contribution >= 4 is 16.8 Å². The molecule has 1 rings (SSSR count). The average Bonchev–Trinajstić information content (AvgIpc) is 1.87. The van der Waals surface area contributed by atoms with Gasteiger partial charge in [0.25, 0.3) is 0 Å². The number of hydrazone groups is 1. The molecule has 0 aliphatic heterocycles. The summed E-state index contributed by atoms with van der Waals surface area (Å²) in [5.41, 5.74) is 5.61. The minimum Gasteiger partial charge on any atom is -0.328 e. The van der Waals surface area contributed by atoms with Gasteiger partial charge in [0.05, 0.1) is 5.04 Å². The lowest BCUT2D eigenvalue weighted by Crippen LogP contribution is -2.39. The SMILES string of the molecule is CS/C(=N\N)C1CC(N)C1. The molecule has 0 aromatic carbocycles. The standard InChI is InChI=1S/C6H13N3S/c1-10-6(9-8)4-2-5(7)3-4/h4-5H,2-3,7-8H2,1H3/b9-6-. The van der Waals surface area contributed by atoms with Gasteiger partial charge < -0.3 is 11.6 Å². The molecule has 0 aromatic heterocycles. The molecule has 1 aliphatic rings. The molecule has 0 spiro atoms. The molecule has 0 aromatic rings. The molecule has 4 N–H and O–H groups in total. The Labute approximate surface area is 65.2 Å². The molecule has 0 unspecified atom stereocenters. The van der Waals surface area contributed by atoms with Gasteiger partial charge in [0.2, 0.25) is 0 Å². The molecule has 0 bridgehead atoms. The third-order valence-electron chi connectivity index (χ3n) is 1.86. The second kappa shape index (κ2) is 3.25. The van der Waals surface area contributed by atoms with Crippen LogP contribution >= 0.6 is 11.8 Å². The largest absolute Gasteiger partial charge is 0.328 e. The normalized spacial score (nSPS) is 33.6. The van der Waals surface area contributed by atoms with Crippen molar-refractivity contribution in [1.82, 2.24) is 0 Å². The third kappa shape index (κ3) is 1.44. The van der Waals surface area contributed by atoms with Gasteiger partial charge in [-0.25, -0.2) is 0 Å². The van der Waals surface area contributed by atoms with Crippen LogP contribution < -0.4 is 11.6 Å². The van der Waals surface area contributed by atoms with Crippen LogP contribution in [0.4, 0.5) is 0 Å². The molecule has 0 amide bonds. The van der Waals surface area contributed by atoms with E-state index in [2.05, 4.69) is 5.10 Å². The van der Waals surface area contributed by atoms with Crippen LogP contribution in [0.25, 0.3) is 0 Å². The first-order valence-electron chi connectivity index (χ1n) is 3.35. The number of hydrogen-bond donors (Lipinski definition) is 2. The van der Waals surface area contributed by atoms with E-state index in [4.69, 9.17) is 11.6 Å². The molecule has 1 fully saturated rings.